The average Bonchev–Trinajstić information content (AvgIpc) is 3.09. The van der Waals surface area contributed by atoms with Crippen molar-refractivity contribution in [1.29, 1.82) is 0 Å². The number of hydrogen-bond acceptors (Lipinski definition) is 3. The molecule has 0 saturated carbocycles. The molecule has 4 rings (SSSR count). The SMILES string of the molecule is Cc1csc2sc(C=C3C(=O)Nc4ccc(I)cc43)c(C)c12. The van der Waals surface area contributed by atoms with Crippen molar-refractivity contribution in [2.75, 3.05) is 5.32 Å². The molecule has 110 valence electrons. The fourth-order valence-corrected chi connectivity index (χ4v) is 5.80. The molecule has 0 unspecified atom stereocenters. The molecular weight excluding hydrogens is 425 g/mol. The predicted octanol–water partition coefficient (Wildman–Crippen LogP) is 5.68. The largest absolute Gasteiger partial charge is 0.321 e. The Morgan fingerprint density at radius 3 is 2.86 bits per heavy atom. The fraction of sp³-hybridized carbons (Fsp3) is 0.118. The summed E-state index contributed by atoms with van der Waals surface area (Å²) < 4.78 is 2.47. The first-order valence-electron chi connectivity index (χ1n) is 6.85. The van der Waals surface area contributed by atoms with E-state index in [0.29, 0.717) is 0 Å². The predicted molar refractivity (Wildman–Crippen MR) is 105 cm³/mol. The lowest BCUT2D eigenvalue weighted by Gasteiger charge is -1.99. The third-order valence-electron chi connectivity index (χ3n) is 3.93. The summed E-state index contributed by atoms with van der Waals surface area (Å²) in [5, 5.41) is 6.50. The fourth-order valence-electron chi connectivity index (χ4n) is 2.82. The Labute approximate surface area is 150 Å². The third-order valence-corrected chi connectivity index (χ3v) is 7.06. The Morgan fingerprint density at radius 2 is 2.09 bits per heavy atom. The molecule has 0 bridgehead atoms. The minimum Gasteiger partial charge on any atom is -0.321 e. The van der Waals surface area contributed by atoms with Crippen molar-refractivity contribution in [3.8, 4) is 0 Å². The van der Waals surface area contributed by atoms with Gasteiger partial charge < -0.3 is 5.32 Å². The summed E-state index contributed by atoms with van der Waals surface area (Å²) in [6.07, 6.45) is 2.05. The topological polar surface area (TPSA) is 29.1 Å². The van der Waals surface area contributed by atoms with E-state index >= 15 is 0 Å². The van der Waals surface area contributed by atoms with Crippen LogP contribution in [-0.4, -0.2) is 5.91 Å². The van der Waals surface area contributed by atoms with Gasteiger partial charge in [0.05, 0.1) is 9.59 Å². The van der Waals surface area contributed by atoms with E-state index in [1.165, 1.54) is 25.4 Å². The molecule has 3 aromatic rings. The molecule has 0 radical (unpaired) electrons. The first-order valence-corrected chi connectivity index (χ1v) is 9.62. The second kappa shape index (κ2) is 5.18. The van der Waals surface area contributed by atoms with Gasteiger partial charge in [0, 0.05) is 25.1 Å². The lowest BCUT2D eigenvalue weighted by molar-refractivity contribution is -0.110. The lowest BCUT2D eigenvalue weighted by Crippen LogP contribution is -2.03. The number of nitrogens with one attached hydrogen (secondary N) is 1. The van der Waals surface area contributed by atoms with Crippen molar-refractivity contribution in [2.45, 2.75) is 13.8 Å². The summed E-state index contributed by atoms with van der Waals surface area (Å²) >= 11 is 5.84. The van der Waals surface area contributed by atoms with Crippen molar-refractivity contribution < 1.29 is 4.79 Å². The second-order valence-electron chi connectivity index (χ2n) is 5.37. The molecule has 2 nitrogen and oxygen atoms in total. The van der Waals surface area contributed by atoms with Crippen LogP contribution in [0, 0.1) is 17.4 Å². The molecule has 1 aliphatic heterocycles. The third kappa shape index (κ3) is 2.14. The number of halogens is 1. The number of benzene rings is 1. The van der Waals surface area contributed by atoms with E-state index in [-0.39, 0.29) is 5.91 Å². The number of thiophene rings is 2. The number of aryl methyl sites for hydroxylation is 2. The number of fused-ring (bicyclic) bond motifs is 2. The molecule has 0 spiro atoms. The molecule has 0 saturated heterocycles. The molecule has 22 heavy (non-hydrogen) atoms. The molecule has 3 heterocycles. The van der Waals surface area contributed by atoms with Crippen LogP contribution in [0.3, 0.4) is 0 Å². The van der Waals surface area contributed by atoms with Crippen LogP contribution in [0.2, 0.25) is 0 Å². The van der Waals surface area contributed by atoms with Gasteiger partial charge in [0.15, 0.2) is 0 Å². The molecule has 5 heteroatoms. The standard InChI is InChI=1S/C17H12INOS2/c1-8-7-21-17-15(8)9(2)14(22-17)6-12-11-5-10(18)3-4-13(11)19-16(12)20/h3-7H,1-2H3,(H,19,20). The smallest absolute Gasteiger partial charge is 0.256 e. The summed E-state index contributed by atoms with van der Waals surface area (Å²) in [6, 6.07) is 6.05. The van der Waals surface area contributed by atoms with Crippen LogP contribution in [0.4, 0.5) is 5.69 Å². The maximum Gasteiger partial charge on any atom is 0.256 e. The highest BCUT2D eigenvalue weighted by atomic mass is 127. The zero-order valence-corrected chi connectivity index (χ0v) is 15.8. The molecule has 1 aliphatic rings. The van der Waals surface area contributed by atoms with Gasteiger partial charge in [0.25, 0.3) is 5.91 Å². The minimum atomic E-state index is -0.00937. The average molecular weight is 437 g/mol. The van der Waals surface area contributed by atoms with Crippen LogP contribution in [-0.2, 0) is 4.79 Å². The number of hydrogen-bond donors (Lipinski definition) is 1. The van der Waals surface area contributed by atoms with Crippen molar-refractivity contribution in [2.24, 2.45) is 0 Å². The number of carbonyl (C=O) groups excluding carboxylic acids is 1. The van der Waals surface area contributed by atoms with Crippen molar-refractivity contribution in [3.63, 3.8) is 0 Å². The summed E-state index contributed by atoms with van der Waals surface area (Å²) in [7, 11) is 0. The van der Waals surface area contributed by atoms with Crippen LogP contribution in [0.5, 0.6) is 0 Å². The molecule has 1 N–H and O–H groups in total. The highest BCUT2D eigenvalue weighted by Gasteiger charge is 2.25. The van der Waals surface area contributed by atoms with Crippen LogP contribution in [0.25, 0.3) is 21.0 Å². The summed E-state index contributed by atoms with van der Waals surface area (Å²) in [5.41, 5.74) is 5.28. The van der Waals surface area contributed by atoms with Crippen LogP contribution < -0.4 is 5.32 Å². The summed E-state index contributed by atoms with van der Waals surface area (Å²) in [6.45, 7) is 4.29. The van der Waals surface area contributed by atoms with E-state index in [2.05, 4.69) is 53.2 Å². The van der Waals surface area contributed by atoms with Gasteiger partial charge in [-0.3, -0.25) is 4.79 Å². The van der Waals surface area contributed by atoms with Crippen LogP contribution in [0.15, 0.2) is 23.6 Å². The molecule has 1 aromatic carbocycles. The van der Waals surface area contributed by atoms with Gasteiger partial charge in [-0.2, -0.15) is 0 Å². The zero-order valence-electron chi connectivity index (χ0n) is 12.0. The molecule has 1 amide bonds. The first-order chi connectivity index (χ1) is 10.5. The molecule has 0 fully saturated rings. The van der Waals surface area contributed by atoms with Gasteiger partial charge in [-0.05, 0) is 77.2 Å². The van der Waals surface area contributed by atoms with Crippen LogP contribution >= 0.6 is 45.3 Å². The van der Waals surface area contributed by atoms with E-state index < -0.39 is 0 Å². The number of carbonyl (C=O) groups is 1. The molecule has 0 atom stereocenters. The molecule has 0 aliphatic carbocycles. The van der Waals surface area contributed by atoms with Crippen molar-refractivity contribution >= 4 is 77.9 Å². The summed E-state index contributed by atoms with van der Waals surface area (Å²) in [5.74, 6) is -0.00937. The van der Waals surface area contributed by atoms with E-state index in [1.54, 1.807) is 22.7 Å². The lowest BCUT2D eigenvalue weighted by atomic mass is 10.0. The Hall–Kier alpha value is -1.18. The van der Waals surface area contributed by atoms with Crippen LogP contribution in [0.1, 0.15) is 21.6 Å². The zero-order chi connectivity index (χ0) is 15.4. The Balaban J connectivity index is 1.90. The number of rotatable bonds is 1. The van der Waals surface area contributed by atoms with E-state index in [1.807, 2.05) is 18.2 Å². The highest BCUT2D eigenvalue weighted by Crippen LogP contribution is 2.41. The number of anilines is 1. The maximum absolute atomic E-state index is 12.3. The summed E-state index contributed by atoms with van der Waals surface area (Å²) in [4.78, 5) is 13.5. The Morgan fingerprint density at radius 1 is 1.27 bits per heavy atom. The van der Waals surface area contributed by atoms with Gasteiger partial charge in [0.2, 0.25) is 0 Å². The van der Waals surface area contributed by atoms with Gasteiger partial charge in [-0.15, -0.1) is 22.7 Å². The first kappa shape index (κ1) is 14.4. The minimum absolute atomic E-state index is 0.00937. The van der Waals surface area contributed by atoms with Crippen molar-refractivity contribution in [1.82, 2.24) is 0 Å². The van der Waals surface area contributed by atoms with Gasteiger partial charge >= 0.3 is 0 Å². The second-order valence-corrected chi connectivity index (χ2v) is 8.81. The molecule has 2 aromatic heterocycles. The number of amides is 1. The Kier molecular flexibility index (Phi) is 3.39. The van der Waals surface area contributed by atoms with E-state index in [0.717, 1.165) is 20.4 Å². The van der Waals surface area contributed by atoms with Gasteiger partial charge in [-0.25, -0.2) is 0 Å². The Bertz CT molecular complexity index is 965. The normalized spacial score (nSPS) is 15.6. The van der Waals surface area contributed by atoms with Gasteiger partial charge in [-0.1, -0.05) is 0 Å². The van der Waals surface area contributed by atoms with Gasteiger partial charge in [0.1, 0.15) is 0 Å². The quantitative estimate of drug-likeness (QED) is 0.385. The van der Waals surface area contributed by atoms with Crippen molar-refractivity contribution in [3.05, 3.63) is 48.7 Å². The molecular formula is C17H12INOS2. The van der Waals surface area contributed by atoms with E-state index in [4.69, 9.17) is 0 Å². The monoisotopic (exact) mass is 437 g/mol. The van der Waals surface area contributed by atoms with E-state index in [9.17, 15) is 4.79 Å². The maximum atomic E-state index is 12.3. The highest BCUT2D eigenvalue weighted by molar-refractivity contribution is 14.1.